The summed E-state index contributed by atoms with van der Waals surface area (Å²) in [4.78, 5) is 6.87. The van der Waals surface area contributed by atoms with Crippen LogP contribution < -0.4 is 5.32 Å². The first-order valence-electron chi connectivity index (χ1n) is 7.68. The van der Waals surface area contributed by atoms with E-state index in [1.165, 1.54) is 12.8 Å². The maximum atomic E-state index is 5.37. The normalized spacial score (nSPS) is 19.2. The van der Waals surface area contributed by atoms with Crippen molar-refractivity contribution >= 4 is 0 Å². The smallest absolute Gasteiger partial charge is 0.241 e. The van der Waals surface area contributed by atoms with Gasteiger partial charge in [0, 0.05) is 12.6 Å². The van der Waals surface area contributed by atoms with E-state index in [1.807, 2.05) is 12.1 Å². The summed E-state index contributed by atoms with van der Waals surface area (Å²) in [6.07, 6.45) is 5.19. The number of piperidine rings is 1. The Kier molecular flexibility index (Phi) is 4.67. The van der Waals surface area contributed by atoms with Crippen molar-refractivity contribution in [1.29, 1.82) is 0 Å². The topological polar surface area (TPSA) is 67.3 Å². The number of hydrogen-bond acceptors (Lipinski definition) is 6. The molecule has 6 heteroatoms. The van der Waals surface area contributed by atoms with E-state index in [2.05, 4.69) is 27.3 Å². The molecule has 3 rings (SSSR count). The van der Waals surface area contributed by atoms with Crippen molar-refractivity contribution < 1.29 is 8.94 Å². The van der Waals surface area contributed by atoms with Gasteiger partial charge in [-0.05, 0) is 44.5 Å². The second-order valence-corrected chi connectivity index (χ2v) is 5.46. The molecule has 1 fully saturated rings. The number of nitrogens with one attached hydrogen (secondary N) is 1. The molecule has 1 N–H and O–H groups in total. The fourth-order valence-electron chi connectivity index (χ4n) is 2.82. The molecule has 0 radical (unpaired) electrons. The third-order valence-electron chi connectivity index (χ3n) is 3.85. The summed E-state index contributed by atoms with van der Waals surface area (Å²) < 4.78 is 10.7. The molecule has 6 nitrogen and oxygen atoms in total. The second kappa shape index (κ2) is 6.87. The zero-order valence-corrected chi connectivity index (χ0v) is 12.4. The molecule has 1 aliphatic heterocycles. The average molecular weight is 290 g/mol. The number of hydrogen-bond donors (Lipinski definition) is 1. The lowest BCUT2D eigenvalue weighted by Gasteiger charge is -2.33. The molecule has 1 atom stereocenters. The van der Waals surface area contributed by atoms with Crippen LogP contribution in [0.15, 0.2) is 27.3 Å². The first-order valence-corrected chi connectivity index (χ1v) is 7.68. The third-order valence-corrected chi connectivity index (χ3v) is 3.85. The predicted octanol–water partition coefficient (Wildman–Crippen LogP) is 2.29. The highest BCUT2D eigenvalue weighted by atomic mass is 16.5. The molecule has 0 saturated carbocycles. The minimum atomic E-state index is 0.521. The number of nitrogens with zero attached hydrogens (tertiary/aromatic N) is 3. The van der Waals surface area contributed by atoms with Gasteiger partial charge >= 0.3 is 0 Å². The summed E-state index contributed by atoms with van der Waals surface area (Å²) in [5.74, 6) is 1.82. The molecular weight excluding hydrogens is 268 g/mol. The fourth-order valence-corrected chi connectivity index (χ4v) is 2.82. The summed E-state index contributed by atoms with van der Waals surface area (Å²) in [6.45, 7) is 6.11. The molecule has 0 spiro atoms. The van der Waals surface area contributed by atoms with Crippen LogP contribution in [0.4, 0.5) is 0 Å². The number of furan rings is 1. The highest BCUT2D eigenvalue weighted by Crippen LogP contribution is 2.18. The van der Waals surface area contributed by atoms with Gasteiger partial charge < -0.3 is 14.3 Å². The fraction of sp³-hybridized carbons (Fsp3) is 0.600. The summed E-state index contributed by atoms with van der Waals surface area (Å²) >= 11 is 0. The zero-order chi connectivity index (χ0) is 14.5. The van der Waals surface area contributed by atoms with E-state index < -0.39 is 0 Å². The molecule has 1 saturated heterocycles. The molecular formula is C15H22N4O2. The van der Waals surface area contributed by atoms with Crippen LogP contribution in [0.25, 0.3) is 11.6 Å². The minimum Gasteiger partial charge on any atom is -0.461 e. The van der Waals surface area contributed by atoms with Gasteiger partial charge in [0.05, 0.1) is 12.8 Å². The Hall–Kier alpha value is -1.66. The Bertz CT molecular complexity index is 532. The first kappa shape index (κ1) is 14.3. The largest absolute Gasteiger partial charge is 0.461 e. The Balaban J connectivity index is 1.67. The molecule has 0 amide bonds. The van der Waals surface area contributed by atoms with Gasteiger partial charge in [0.15, 0.2) is 5.76 Å². The lowest BCUT2D eigenvalue weighted by atomic mass is 10.1. The molecule has 0 bridgehead atoms. The third kappa shape index (κ3) is 3.51. The molecule has 2 aromatic rings. The van der Waals surface area contributed by atoms with Crippen LogP contribution in [0.1, 0.15) is 32.1 Å². The van der Waals surface area contributed by atoms with E-state index in [4.69, 9.17) is 8.94 Å². The van der Waals surface area contributed by atoms with Gasteiger partial charge in [0.1, 0.15) is 0 Å². The summed E-state index contributed by atoms with van der Waals surface area (Å²) in [5, 5.41) is 7.46. The summed E-state index contributed by atoms with van der Waals surface area (Å²) in [7, 11) is 0. The lowest BCUT2D eigenvalue weighted by molar-refractivity contribution is 0.140. The predicted molar refractivity (Wildman–Crippen MR) is 78.6 cm³/mol. The average Bonchev–Trinajstić information content (AvgIpc) is 3.19. The zero-order valence-electron chi connectivity index (χ0n) is 12.4. The Morgan fingerprint density at radius 1 is 1.48 bits per heavy atom. The lowest BCUT2D eigenvalue weighted by Crippen LogP contribution is -2.45. The molecule has 0 aliphatic carbocycles. The molecule has 21 heavy (non-hydrogen) atoms. The summed E-state index contributed by atoms with van der Waals surface area (Å²) in [6, 6.07) is 4.21. The van der Waals surface area contributed by atoms with Gasteiger partial charge in [-0.1, -0.05) is 12.1 Å². The van der Waals surface area contributed by atoms with Crippen LogP contribution >= 0.6 is 0 Å². The number of aromatic nitrogens is 2. The maximum Gasteiger partial charge on any atom is 0.241 e. The van der Waals surface area contributed by atoms with E-state index in [0.29, 0.717) is 30.1 Å². The number of rotatable bonds is 6. The van der Waals surface area contributed by atoms with Crippen LogP contribution in [-0.4, -0.2) is 40.7 Å². The molecule has 114 valence electrons. The van der Waals surface area contributed by atoms with Crippen molar-refractivity contribution in [2.24, 2.45) is 0 Å². The van der Waals surface area contributed by atoms with Gasteiger partial charge in [-0.3, -0.25) is 4.90 Å². The maximum absolute atomic E-state index is 5.37. The monoisotopic (exact) mass is 290 g/mol. The van der Waals surface area contributed by atoms with Gasteiger partial charge in [-0.2, -0.15) is 4.98 Å². The van der Waals surface area contributed by atoms with Gasteiger partial charge in [0.25, 0.3) is 0 Å². The van der Waals surface area contributed by atoms with E-state index in [0.717, 1.165) is 26.1 Å². The van der Waals surface area contributed by atoms with E-state index >= 15 is 0 Å². The Morgan fingerprint density at radius 2 is 2.43 bits per heavy atom. The van der Waals surface area contributed by atoms with Gasteiger partial charge in [-0.15, -0.1) is 0 Å². The molecule has 1 aliphatic rings. The SMILES string of the molecule is CCCN(Cc1nc(-c2ccco2)no1)C1CCCNC1. The van der Waals surface area contributed by atoms with Crippen molar-refractivity contribution in [2.75, 3.05) is 19.6 Å². The van der Waals surface area contributed by atoms with E-state index in [9.17, 15) is 0 Å². The molecule has 1 unspecified atom stereocenters. The minimum absolute atomic E-state index is 0.521. The summed E-state index contributed by atoms with van der Waals surface area (Å²) in [5.41, 5.74) is 0. The van der Waals surface area contributed by atoms with E-state index in [-0.39, 0.29) is 0 Å². The van der Waals surface area contributed by atoms with Crippen molar-refractivity contribution in [3.8, 4) is 11.6 Å². The van der Waals surface area contributed by atoms with Gasteiger partial charge in [0.2, 0.25) is 11.7 Å². The molecule has 0 aromatic carbocycles. The van der Waals surface area contributed by atoms with Crippen molar-refractivity contribution in [3.63, 3.8) is 0 Å². The van der Waals surface area contributed by atoms with Crippen molar-refractivity contribution in [1.82, 2.24) is 20.4 Å². The van der Waals surface area contributed by atoms with Crippen molar-refractivity contribution in [3.05, 3.63) is 24.3 Å². The van der Waals surface area contributed by atoms with E-state index in [1.54, 1.807) is 6.26 Å². The van der Waals surface area contributed by atoms with Crippen LogP contribution in [0.3, 0.4) is 0 Å². The Labute approximate surface area is 124 Å². The molecule has 3 heterocycles. The quantitative estimate of drug-likeness (QED) is 0.880. The standard InChI is InChI=1S/C15H22N4O2/c1-2-8-19(12-5-3-7-16-10-12)11-14-17-15(18-21-14)13-6-4-9-20-13/h4,6,9,12,16H,2-3,5,7-8,10-11H2,1H3. The molecule has 2 aromatic heterocycles. The Morgan fingerprint density at radius 3 is 3.14 bits per heavy atom. The highest BCUT2D eigenvalue weighted by molar-refractivity contribution is 5.44. The van der Waals surface area contributed by atoms with Crippen LogP contribution in [-0.2, 0) is 6.54 Å². The van der Waals surface area contributed by atoms with Crippen LogP contribution in [0.2, 0.25) is 0 Å². The van der Waals surface area contributed by atoms with Gasteiger partial charge in [-0.25, -0.2) is 0 Å². The van der Waals surface area contributed by atoms with Crippen molar-refractivity contribution in [2.45, 2.75) is 38.8 Å². The second-order valence-electron chi connectivity index (χ2n) is 5.46. The van der Waals surface area contributed by atoms with Crippen LogP contribution in [0, 0.1) is 0 Å². The first-order chi connectivity index (χ1) is 10.4. The highest BCUT2D eigenvalue weighted by Gasteiger charge is 2.22. The van der Waals surface area contributed by atoms with Crippen LogP contribution in [0.5, 0.6) is 0 Å².